The largest absolute Gasteiger partial charge is 0.497 e. The van der Waals surface area contributed by atoms with Crippen molar-refractivity contribution in [2.24, 2.45) is 0 Å². The van der Waals surface area contributed by atoms with Crippen LogP contribution in [-0.2, 0) is 0 Å². The summed E-state index contributed by atoms with van der Waals surface area (Å²) in [6, 6.07) is 14.7. The van der Waals surface area contributed by atoms with Gasteiger partial charge in [0.2, 0.25) is 0 Å². The summed E-state index contributed by atoms with van der Waals surface area (Å²) in [5, 5.41) is 10.1. The Kier molecular flexibility index (Phi) is 4.21. The zero-order valence-electron chi connectivity index (χ0n) is 12.7. The number of fused-ring (bicyclic) bond motifs is 1. The SMILES string of the molecule is COc1ccc2c(C(=O)O)cc(-c3ccc(SC)cc3)nc2c1. The highest BCUT2D eigenvalue weighted by molar-refractivity contribution is 7.98. The van der Waals surface area contributed by atoms with Crippen molar-refractivity contribution in [3.05, 3.63) is 54.1 Å². The van der Waals surface area contributed by atoms with E-state index in [0.29, 0.717) is 22.3 Å². The number of aromatic nitrogens is 1. The number of methoxy groups -OCH3 is 1. The Bertz CT molecular complexity index is 875. The lowest BCUT2D eigenvalue weighted by Gasteiger charge is -2.09. The van der Waals surface area contributed by atoms with Crippen molar-refractivity contribution in [1.29, 1.82) is 0 Å². The number of ether oxygens (including phenoxy) is 1. The van der Waals surface area contributed by atoms with E-state index >= 15 is 0 Å². The molecule has 3 rings (SSSR count). The monoisotopic (exact) mass is 325 g/mol. The Morgan fingerprint density at radius 1 is 1.13 bits per heavy atom. The van der Waals surface area contributed by atoms with Gasteiger partial charge in [0.15, 0.2) is 0 Å². The predicted octanol–water partition coefficient (Wildman–Crippen LogP) is 4.33. The van der Waals surface area contributed by atoms with Crippen molar-refractivity contribution in [3.8, 4) is 17.0 Å². The van der Waals surface area contributed by atoms with Gasteiger partial charge in [-0.15, -0.1) is 11.8 Å². The van der Waals surface area contributed by atoms with Crippen LogP contribution in [0.15, 0.2) is 53.4 Å². The lowest BCUT2D eigenvalue weighted by atomic mass is 10.0. The number of hydrogen-bond donors (Lipinski definition) is 1. The van der Waals surface area contributed by atoms with Crippen LogP contribution in [0.2, 0.25) is 0 Å². The van der Waals surface area contributed by atoms with E-state index in [9.17, 15) is 9.90 Å². The third-order valence-electron chi connectivity index (χ3n) is 3.63. The molecule has 3 aromatic rings. The van der Waals surface area contributed by atoms with Crippen LogP contribution in [0.1, 0.15) is 10.4 Å². The standard InChI is InChI=1S/C18H15NO3S/c1-22-12-5-8-14-15(18(20)21)10-16(19-17(14)9-12)11-3-6-13(23-2)7-4-11/h3-10H,1-2H3,(H,20,21). The van der Waals surface area contributed by atoms with Gasteiger partial charge in [-0.05, 0) is 36.6 Å². The number of benzene rings is 2. The first-order chi connectivity index (χ1) is 11.1. The molecule has 0 aliphatic rings. The van der Waals surface area contributed by atoms with E-state index < -0.39 is 5.97 Å². The highest BCUT2D eigenvalue weighted by Gasteiger charge is 2.13. The Balaban J connectivity index is 2.21. The molecule has 0 aliphatic heterocycles. The van der Waals surface area contributed by atoms with Gasteiger partial charge in [0, 0.05) is 21.9 Å². The third kappa shape index (κ3) is 3.00. The predicted molar refractivity (Wildman–Crippen MR) is 92.5 cm³/mol. The smallest absolute Gasteiger partial charge is 0.336 e. The second-order valence-electron chi connectivity index (χ2n) is 4.97. The summed E-state index contributed by atoms with van der Waals surface area (Å²) < 4.78 is 5.21. The number of hydrogen-bond acceptors (Lipinski definition) is 4. The van der Waals surface area contributed by atoms with Crippen molar-refractivity contribution in [1.82, 2.24) is 4.98 Å². The van der Waals surface area contributed by atoms with Gasteiger partial charge in [0.1, 0.15) is 5.75 Å². The number of carboxylic acid groups (broad SMARTS) is 1. The van der Waals surface area contributed by atoms with Gasteiger partial charge in [0.25, 0.3) is 0 Å². The van der Waals surface area contributed by atoms with Crippen molar-refractivity contribution in [2.45, 2.75) is 4.90 Å². The highest BCUT2D eigenvalue weighted by Crippen LogP contribution is 2.28. The van der Waals surface area contributed by atoms with Gasteiger partial charge in [-0.1, -0.05) is 12.1 Å². The Hall–Kier alpha value is -2.53. The molecule has 5 heteroatoms. The number of carbonyl (C=O) groups is 1. The molecule has 1 aromatic heterocycles. The summed E-state index contributed by atoms with van der Waals surface area (Å²) >= 11 is 1.66. The molecule has 2 aromatic carbocycles. The Morgan fingerprint density at radius 2 is 1.87 bits per heavy atom. The van der Waals surface area contributed by atoms with Gasteiger partial charge in [-0.3, -0.25) is 0 Å². The minimum atomic E-state index is -0.968. The molecule has 0 fully saturated rings. The molecule has 0 saturated carbocycles. The lowest BCUT2D eigenvalue weighted by Crippen LogP contribution is -2.00. The number of rotatable bonds is 4. The van der Waals surface area contributed by atoms with Gasteiger partial charge >= 0.3 is 5.97 Å². The first-order valence-corrected chi connectivity index (χ1v) is 8.21. The molecule has 0 amide bonds. The third-order valence-corrected chi connectivity index (χ3v) is 4.38. The number of nitrogens with zero attached hydrogens (tertiary/aromatic N) is 1. The zero-order valence-corrected chi connectivity index (χ0v) is 13.6. The Morgan fingerprint density at radius 3 is 2.48 bits per heavy atom. The van der Waals surface area contributed by atoms with Crippen molar-refractivity contribution < 1.29 is 14.6 Å². The van der Waals surface area contributed by atoms with Crippen LogP contribution in [0.3, 0.4) is 0 Å². The van der Waals surface area contributed by atoms with E-state index in [4.69, 9.17) is 4.74 Å². The van der Waals surface area contributed by atoms with Crippen molar-refractivity contribution in [2.75, 3.05) is 13.4 Å². The molecule has 1 N–H and O–H groups in total. The number of pyridine rings is 1. The van der Waals surface area contributed by atoms with E-state index in [1.807, 2.05) is 30.5 Å². The molecular weight excluding hydrogens is 310 g/mol. The quantitative estimate of drug-likeness (QED) is 0.723. The maximum absolute atomic E-state index is 11.6. The molecule has 23 heavy (non-hydrogen) atoms. The Labute approximate surface area is 138 Å². The van der Waals surface area contributed by atoms with Crippen LogP contribution in [0.25, 0.3) is 22.2 Å². The van der Waals surface area contributed by atoms with E-state index in [2.05, 4.69) is 4.98 Å². The van der Waals surface area contributed by atoms with Crippen LogP contribution < -0.4 is 4.74 Å². The fourth-order valence-electron chi connectivity index (χ4n) is 2.42. The van der Waals surface area contributed by atoms with Crippen molar-refractivity contribution in [3.63, 3.8) is 0 Å². The van der Waals surface area contributed by atoms with Gasteiger partial charge in [-0.2, -0.15) is 0 Å². The fraction of sp³-hybridized carbons (Fsp3) is 0.111. The molecule has 0 unspecified atom stereocenters. The molecule has 0 aliphatic carbocycles. The summed E-state index contributed by atoms with van der Waals surface area (Å²) in [5.74, 6) is -0.319. The average Bonchev–Trinajstić information content (AvgIpc) is 2.60. The second-order valence-corrected chi connectivity index (χ2v) is 5.85. The molecule has 0 saturated heterocycles. The molecule has 0 radical (unpaired) electrons. The van der Waals surface area contributed by atoms with E-state index in [0.717, 1.165) is 10.5 Å². The van der Waals surface area contributed by atoms with Gasteiger partial charge < -0.3 is 9.84 Å². The molecule has 4 nitrogen and oxygen atoms in total. The summed E-state index contributed by atoms with van der Waals surface area (Å²) in [5.41, 5.74) is 2.36. The number of carboxylic acids is 1. The molecular formula is C18H15NO3S. The average molecular weight is 325 g/mol. The van der Waals surface area contributed by atoms with Crippen LogP contribution in [0.4, 0.5) is 0 Å². The number of aromatic carboxylic acids is 1. The molecule has 0 bridgehead atoms. The minimum Gasteiger partial charge on any atom is -0.497 e. The van der Waals surface area contributed by atoms with Gasteiger partial charge in [-0.25, -0.2) is 9.78 Å². The maximum Gasteiger partial charge on any atom is 0.336 e. The second kappa shape index (κ2) is 6.30. The molecule has 1 heterocycles. The first-order valence-electron chi connectivity index (χ1n) is 6.99. The summed E-state index contributed by atoms with van der Waals surface area (Å²) in [6.07, 6.45) is 2.01. The molecule has 0 spiro atoms. The summed E-state index contributed by atoms with van der Waals surface area (Å²) in [7, 11) is 1.57. The van der Waals surface area contributed by atoms with Crippen molar-refractivity contribution >= 4 is 28.6 Å². The topological polar surface area (TPSA) is 59.4 Å². The molecule has 0 atom stereocenters. The normalized spacial score (nSPS) is 10.7. The summed E-state index contributed by atoms with van der Waals surface area (Å²) in [4.78, 5) is 17.3. The minimum absolute atomic E-state index is 0.238. The van der Waals surface area contributed by atoms with E-state index in [-0.39, 0.29) is 5.56 Å². The lowest BCUT2D eigenvalue weighted by molar-refractivity contribution is 0.0699. The number of thioether (sulfide) groups is 1. The summed E-state index contributed by atoms with van der Waals surface area (Å²) in [6.45, 7) is 0. The van der Waals surface area contributed by atoms with E-state index in [1.165, 1.54) is 0 Å². The van der Waals surface area contributed by atoms with Gasteiger partial charge in [0.05, 0.1) is 23.9 Å². The van der Waals surface area contributed by atoms with Crippen LogP contribution in [0, 0.1) is 0 Å². The highest BCUT2D eigenvalue weighted by atomic mass is 32.2. The van der Waals surface area contributed by atoms with Crippen LogP contribution in [-0.4, -0.2) is 29.4 Å². The van der Waals surface area contributed by atoms with E-state index in [1.54, 1.807) is 43.1 Å². The first kappa shape index (κ1) is 15.4. The molecule has 116 valence electrons. The zero-order chi connectivity index (χ0) is 16.4. The fourth-order valence-corrected chi connectivity index (χ4v) is 2.83. The maximum atomic E-state index is 11.6. The van der Waals surface area contributed by atoms with Crippen LogP contribution >= 0.6 is 11.8 Å². The van der Waals surface area contributed by atoms with Crippen LogP contribution in [0.5, 0.6) is 5.75 Å².